The minimum absolute atomic E-state index is 0.438. The smallest absolute Gasteiger partial charge is 0.319 e. The molecule has 9 heteroatoms. The molecule has 1 aromatic carbocycles. The number of carbonyl (C=O) groups excluding carboxylic acids is 1. The van der Waals surface area contributed by atoms with Gasteiger partial charge >= 0.3 is 6.03 Å². The maximum atomic E-state index is 12.0. The average molecular weight is 475 g/mol. The van der Waals surface area contributed by atoms with Crippen LogP contribution in [0.1, 0.15) is 19.3 Å². The van der Waals surface area contributed by atoms with Gasteiger partial charge in [-0.15, -0.1) is 0 Å². The first-order valence-electron chi connectivity index (χ1n) is 10.9. The fourth-order valence-corrected chi connectivity index (χ4v) is 4.58. The second-order valence-electron chi connectivity index (χ2n) is 8.04. The number of benzene rings is 1. The van der Waals surface area contributed by atoms with Gasteiger partial charge in [-0.2, -0.15) is 5.10 Å². The van der Waals surface area contributed by atoms with Crippen LogP contribution in [0, 0.1) is 0 Å². The SMILES string of the molecule is NC(=O)N(CCCCCN1CCN(c2cccc(Cl)c2Cl)CC1)c1ccc2ccnn2c1. The van der Waals surface area contributed by atoms with Gasteiger partial charge in [0.2, 0.25) is 0 Å². The number of piperazine rings is 1. The van der Waals surface area contributed by atoms with Crippen molar-refractivity contribution >= 4 is 46.1 Å². The third-order valence-corrected chi connectivity index (χ3v) is 6.77. The van der Waals surface area contributed by atoms with E-state index in [2.05, 4.69) is 14.9 Å². The molecule has 0 spiro atoms. The zero-order valence-corrected chi connectivity index (χ0v) is 19.5. The number of anilines is 2. The van der Waals surface area contributed by atoms with E-state index in [1.165, 1.54) is 0 Å². The first kappa shape index (κ1) is 22.7. The van der Waals surface area contributed by atoms with Crippen molar-refractivity contribution in [2.75, 3.05) is 49.1 Å². The minimum atomic E-state index is -0.438. The van der Waals surface area contributed by atoms with Gasteiger partial charge in [0.25, 0.3) is 0 Å². The topological polar surface area (TPSA) is 70.1 Å². The quantitative estimate of drug-likeness (QED) is 0.487. The van der Waals surface area contributed by atoms with Gasteiger partial charge in [0.15, 0.2) is 0 Å². The molecule has 0 atom stereocenters. The summed E-state index contributed by atoms with van der Waals surface area (Å²) in [5.74, 6) is 0. The monoisotopic (exact) mass is 474 g/mol. The number of hydrogen-bond donors (Lipinski definition) is 1. The molecule has 0 bridgehead atoms. The summed E-state index contributed by atoms with van der Waals surface area (Å²) in [5, 5.41) is 5.46. The Morgan fingerprint density at radius 1 is 1.03 bits per heavy atom. The van der Waals surface area contributed by atoms with Crippen LogP contribution in [0.15, 0.2) is 48.8 Å². The van der Waals surface area contributed by atoms with E-state index in [0.717, 1.165) is 68.9 Å². The maximum Gasteiger partial charge on any atom is 0.319 e. The Hall–Kier alpha value is -2.48. The molecule has 0 unspecified atom stereocenters. The van der Waals surface area contributed by atoms with Gasteiger partial charge in [-0.3, -0.25) is 9.80 Å². The summed E-state index contributed by atoms with van der Waals surface area (Å²) in [7, 11) is 0. The number of nitrogens with zero attached hydrogens (tertiary/aromatic N) is 5. The predicted octanol–water partition coefficient (Wildman–Crippen LogP) is 4.52. The van der Waals surface area contributed by atoms with E-state index in [1.807, 2.05) is 42.6 Å². The average Bonchev–Trinajstić information content (AvgIpc) is 3.26. The van der Waals surface area contributed by atoms with Crippen LogP contribution in [-0.4, -0.2) is 59.8 Å². The lowest BCUT2D eigenvalue weighted by atomic mass is 10.2. The molecule has 4 rings (SSSR count). The summed E-state index contributed by atoms with van der Waals surface area (Å²) in [5.41, 5.74) is 8.39. The van der Waals surface area contributed by atoms with Gasteiger partial charge in [0.1, 0.15) is 0 Å². The minimum Gasteiger partial charge on any atom is -0.368 e. The standard InChI is InChI=1S/C23H28Cl2N6O/c24-20-5-4-6-21(22(20)25)29-15-13-28(14-16-29)11-2-1-3-12-30(23(26)32)19-8-7-18-9-10-27-31(18)17-19/h4-10,17H,1-3,11-16H2,(H2,26,32). The van der Waals surface area contributed by atoms with Gasteiger partial charge in [0.05, 0.1) is 33.1 Å². The number of unbranched alkanes of at least 4 members (excludes halogenated alkanes) is 2. The Kier molecular flexibility index (Phi) is 7.40. The van der Waals surface area contributed by atoms with Crippen molar-refractivity contribution in [2.45, 2.75) is 19.3 Å². The molecule has 0 aliphatic carbocycles. The summed E-state index contributed by atoms with van der Waals surface area (Å²) in [6.07, 6.45) is 6.60. The second-order valence-corrected chi connectivity index (χ2v) is 8.83. The van der Waals surface area contributed by atoms with Crippen molar-refractivity contribution in [3.8, 4) is 0 Å². The van der Waals surface area contributed by atoms with Gasteiger partial charge < -0.3 is 10.6 Å². The number of hydrogen-bond acceptors (Lipinski definition) is 4. The zero-order chi connectivity index (χ0) is 22.5. The van der Waals surface area contributed by atoms with E-state index in [-0.39, 0.29) is 0 Å². The normalized spacial score (nSPS) is 14.8. The molecule has 2 N–H and O–H groups in total. The molecular formula is C23H28Cl2N6O. The lowest BCUT2D eigenvalue weighted by Gasteiger charge is -2.36. The molecule has 1 aliphatic rings. The molecule has 0 saturated carbocycles. The van der Waals surface area contributed by atoms with E-state index in [1.54, 1.807) is 15.6 Å². The molecule has 0 radical (unpaired) electrons. The van der Waals surface area contributed by atoms with Crippen molar-refractivity contribution in [3.63, 3.8) is 0 Å². The molecule has 3 heterocycles. The Morgan fingerprint density at radius 2 is 1.84 bits per heavy atom. The first-order chi connectivity index (χ1) is 15.5. The molecule has 1 aliphatic heterocycles. The van der Waals surface area contributed by atoms with Crippen LogP contribution in [0.5, 0.6) is 0 Å². The Balaban J connectivity index is 1.20. The Morgan fingerprint density at radius 3 is 2.62 bits per heavy atom. The molecule has 7 nitrogen and oxygen atoms in total. The molecular weight excluding hydrogens is 447 g/mol. The largest absolute Gasteiger partial charge is 0.368 e. The fraction of sp³-hybridized carbons (Fsp3) is 0.391. The van der Waals surface area contributed by atoms with Gasteiger partial charge in [-0.05, 0) is 49.7 Å². The van der Waals surface area contributed by atoms with Crippen LogP contribution in [0.3, 0.4) is 0 Å². The number of amides is 2. The van der Waals surface area contributed by atoms with Crippen LogP contribution in [0.4, 0.5) is 16.2 Å². The van der Waals surface area contributed by atoms with Crippen LogP contribution >= 0.6 is 23.2 Å². The number of aromatic nitrogens is 2. The molecule has 3 aromatic rings. The van der Waals surface area contributed by atoms with Gasteiger partial charge in [-0.1, -0.05) is 35.7 Å². The molecule has 1 fully saturated rings. The highest BCUT2D eigenvalue weighted by Crippen LogP contribution is 2.32. The van der Waals surface area contributed by atoms with E-state index >= 15 is 0 Å². The van der Waals surface area contributed by atoms with Gasteiger partial charge in [0, 0.05) is 38.9 Å². The summed E-state index contributed by atoms with van der Waals surface area (Å²) in [6, 6.07) is 11.1. The highest BCUT2D eigenvalue weighted by atomic mass is 35.5. The number of fused-ring (bicyclic) bond motifs is 1. The zero-order valence-electron chi connectivity index (χ0n) is 18.0. The molecule has 32 heavy (non-hydrogen) atoms. The van der Waals surface area contributed by atoms with E-state index in [9.17, 15) is 4.79 Å². The van der Waals surface area contributed by atoms with E-state index in [0.29, 0.717) is 16.6 Å². The fourth-order valence-electron chi connectivity index (χ4n) is 4.16. The third-order valence-electron chi connectivity index (χ3n) is 5.96. The lowest BCUT2D eigenvalue weighted by molar-refractivity contribution is 0.250. The van der Waals surface area contributed by atoms with Crippen molar-refractivity contribution < 1.29 is 4.79 Å². The number of pyridine rings is 1. The molecule has 170 valence electrons. The second kappa shape index (κ2) is 10.4. The number of carbonyl (C=O) groups is 1. The van der Waals surface area contributed by atoms with Gasteiger partial charge in [-0.25, -0.2) is 9.31 Å². The maximum absolute atomic E-state index is 12.0. The highest BCUT2D eigenvalue weighted by molar-refractivity contribution is 6.43. The van der Waals surface area contributed by atoms with Crippen LogP contribution in [0.25, 0.3) is 5.52 Å². The summed E-state index contributed by atoms with van der Waals surface area (Å²) >= 11 is 12.5. The number of primary amides is 1. The number of nitrogens with two attached hydrogens (primary N) is 1. The lowest BCUT2D eigenvalue weighted by Crippen LogP contribution is -2.46. The molecule has 2 aromatic heterocycles. The van der Waals surface area contributed by atoms with Crippen molar-refractivity contribution in [3.05, 3.63) is 58.8 Å². The Bertz CT molecular complexity index is 1060. The molecule has 1 saturated heterocycles. The van der Waals surface area contributed by atoms with E-state index < -0.39 is 6.03 Å². The van der Waals surface area contributed by atoms with Crippen molar-refractivity contribution in [1.29, 1.82) is 0 Å². The van der Waals surface area contributed by atoms with Crippen LogP contribution in [0.2, 0.25) is 10.0 Å². The van der Waals surface area contributed by atoms with E-state index in [4.69, 9.17) is 28.9 Å². The summed E-state index contributed by atoms with van der Waals surface area (Å²) in [6.45, 7) is 5.52. The summed E-state index contributed by atoms with van der Waals surface area (Å²) in [4.78, 5) is 18.4. The third kappa shape index (κ3) is 5.28. The first-order valence-corrected chi connectivity index (χ1v) is 11.7. The number of rotatable bonds is 8. The Labute approximate surface area is 198 Å². The van der Waals surface area contributed by atoms with Crippen molar-refractivity contribution in [2.24, 2.45) is 5.73 Å². The predicted molar refractivity (Wildman–Crippen MR) is 131 cm³/mol. The number of halogens is 2. The van der Waals surface area contributed by atoms with Crippen molar-refractivity contribution in [1.82, 2.24) is 14.5 Å². The van der Waals surface area contributed by atoms with Crippen LogP contribution in [-0.2, 0) is 0 Å². The highest BCUT2D eigenvalue weighted by Gasteiger charge is 2.19. The summed E-state index contributed by atoms with van der Waals surface area (Å²) < 4.78 is 1.75. The van der Waals surface area contributed by atoms with Crippen LogP contribution < -0.4 is 15.5 Å². The number of urea groups is 1. The molecule has 2 amide bonds.